The maximum Gasteiger partial charge on any atom is 0.698 e. The minimum Gasteiger partial charge on any atom is -0.486 e. The van der Waals surface area contributed by atoms with Crippen LogP contribution in [0.5, 0.6) is 11.5 Å². The zero-order valence-corrected chi connectivity index (χ0v) is 17.9. The van der Waals surface area contributed by atoms with E-state index in [1.54, 1.807) is 0 Å². The molecule has 0 aromatic heterocycles. The van der Waals surface area contributed by atoms with Crippen molar-refractivity contribution in [2.24, 2.45) is 0 Å². The average Bonchev–Trinajstić information content (AvgIpc) is 2.78. The standard InChI is InChI=1S/C20H16F6O7P/c21-19(22,23)13-3-1-5-17(7-13)30-9-15(27)11-32-34(29)33-12-16(28)10-31-18-6-2-4-14(8-18)20(24,25)26/h1-8H,9-12H2/q+1. The van der Waals surface area contributed by atoms with Gasteiger partial charge in [0.05, 0.1) is 11.1 Å². The minimum absolute atomic E-state index is 0.213. The van der Waals surface area contributed by atoms with E-state index in [4.69, 9.17) is 9.47 Å². The van der Waals surface area contributed by atoms with Gasteiger partial charge in [0, 0.05) is 4.57 Å². The second kappa shape index (κ2) is 11.9. The molecule has 184 valence electrons. The Kier molecular flexibility index (Phi) is 9.54. The Labute approximate surface area is 189 Å². The Hall–Kier alpha value is -3.02. The minimum atomic E-state index is -4.59. The summed E-state index contributed by atoms with van der Waals surface area (Å²) in [6.07, 6.45) is -9.17. The Morgan fingerprint density at radius 3 is 1.41 bits per heavy atom. The van der Waals surface area contributed by atoms with Crippen LogP contribution in [0.25, 0.3) is 0 Å². The maximum absolute atomic E-state index is 12.6. The van der Waals surface area contributed by atoms with Crippen molar-refractivity contribution in [3.63, 3.8) is 0 Å². The predicted octanol–water partition coefficient (Wildman–Crippen LogP) is 5.01. The number of carbonyl (C=O) groups is 2. The highest BCUT2D eigenvalue weighted by molar-refractivity contribution is 7.33. The summed E-state index contributed by atoms with van der Waals surface area (Å²) >= 11 is 0. The van der Waals surface area contributed by atoms with Gasteiger partial charge in [0.1, 0.15) is 24.7 Å². The number of alkyl halides is 6. The van der Waals surface area contributed by atoms with Crippen molar-refractivity contribution in [3.8, 4) is 11.5 Å². The molecule has 0 aliphatic heterocycles. The smallest absolute Gasteiger partial charge is 0.486 e. The SMILES string of the molecule is O=C(COc1cccc(C(F)(F)F)c1)CO[P+](=O)OCC(=O)COc1cccc(C(F)(F)F)c1. The average molecular weight is 513 g/mol. The molecule has 0 radical (unpaired) electrons. The highest BCUT2D eigenvalue weighted by Gasteiger charge is 2.31. The molecule has 0 saturated carbocycles. The molecule has 0 saturated heterocycles. The van der Waals surface area contributed by atoms with E-state index in [0.717, 1.165) is 24.3 Å². The van der Waals surface area contributed by atoms with Gasteiger partial charge in [0.15, 0.2) is 13.2 Å². The summed E-state index contributed by atoms with van der Waals surface area (Å²) in [5.74, 6) is -1.97. The second-order valence-corrected chi connectivity index (χ2v) is 7.44. The first-order valence-corrected chi connectivity index (χ1v) is 10.3. The zero-order chi connectivity index (χ0) is 25.4. The molecule has 0 N–H and O–H groups in total. The van der Waals surface area contributed by atoms with Gasteiger partial charge in [-0.25, -0.2) is 0 Å². The number of ether oxygens (including phenoxy) is 2. The van der Waals surface area contributed by atoms with E-state index >= 15 is 0 Å². The molecule has 2 aromatic carbocycles. The van der Waals surface area contributed by atoms with Crippen molar-refractivity contribution < 1.29 is 59.0 Å². The predicted molar refractivity (Wildman–Crippen MR) is 103 cm³/mol. The van der Waals surface area contributed by atoms with Crippen LogP contribution in [0.2, 0.25) is 0 Å². The lowest BCUT2D eigenvalue weighted by Gasteiger charge is -2.09. The fraction of sp³-hybridized carbons (Fsp3) is 0.300. The second-order valence-electron chi connectivity index (χ2n) is 6.48. The molecule has 0 aliphatic rings. The van der Waals surface area contributed by atoms with Crippen molar-refractivity contribution in [2.45, 2.75) is 12.4 Å². The van der Waals surface area contributed by atoms with Crippen LogP contribution in [0.15, 0.2) is 48.5 Å². The number of hydrogen-bond acceptors (Lipinski definition) is 7. The van der Waals surface area contributed by atoms with E-state index in [1.165, 1.54) is 12.1 Å². The molecule has 0 unspecified atom stereocenters. The molecule has 2 aromatic rings. The Morgan fingerprint density at radius 2 is 1.06 bits per heavy atom. The molecule has 2 rings (SSSR count). The third-order valence-corrected chi connectivity index (χ3v) is 4.46. The van der Waals surface area contributed by atoms with Crippen LogP contribution in [0, 0.1) is 0 Å². The monoisotopic (exact) mass is 513 g/mol. The topological polar surface area (TPSA) is 88.1 Å². The molecular weight excluding hydrogens is 497 g/mol. The van der Waals surface area contributed by atoms with Gasteiger partial charge in [-0.3, -0.25) is 9.59 Å². The summed E-state index contributed by atoms with van der Waals surface area (Å²) in [6.45, 7) is -2.89. The van der Waals surface area contributed by atoms with E-state index in [2.05, 4.69) is 9.05 Å². The van der Waals surface area contributed by atoms with E-state index in [1.807, 2.05) is 0 Å². The molecule has 0 heterocycles. The highest BCUT2D eigenvalue weighted by Crippen LogP contribution is 2.32. The third-order valence-electron chi connectivity index (χ3n) is 3.78. The van der Waals surface area contributed by atoms with Crippen LogP contribution in [0.4, 0.5) is 26.3 Å². The van der Waals surface area contributed by atoms with E-state index in [0.29, 0.717) is 12.1 Å². The van der Waals surface area contributed by atoms with Crippen molar-refractivity contribution in [1.29, 1.82) is 0 Å². The van der Waals surface area contributed by atoms with Crippen molar-refractivity contribution in [3.05, 3.63) is 59.7 Å². The van der Waals surface area contributed by atoms with Crippen LogP contribution >= 0.6 is 8.25 Å². The van der Waals surface area contributed by atoms with E-state index in [-0.39, 0.29) is 11.5 Å². The van der Waals surface area contributed by atoms with Gasteiger partial charge >= 0.3 is 20.6 Å². The molecular formula is C20H16F6O7P+. The molecule has 34 heavy (non-hydrogen) atoms. The van der Waals surface area contributed by atoms with Gasteiger partial charge in [-0.2, -0.15) is 26.3 Å². The van der Waals surface area contributed by atoms with Gasteiger partial charge in [-0.1, -0.05) is 12.1 Å². The first kappa shape index (κ1) is 27.2. The summed E-state index contributed by atoms with van der Waals surface area (Å²) < 4.78 is 106. The Bertz CT molecular complexity index is 943. The number of halogens is 6. The third kappa shape index (κ3) is 9.46. The lowest BCUT2D eigenvalue weighted by atomic mass is 10.2. The molecule has 0 atom stereocenters. The summed E-state index contributed by atoms with van der Waals surface area (Å²) in [5, 5.41) is 0. The fourth-order valence-electron chi connectivity index (χ4n) is 2.22. The zero-order valence-electron chi connectivity index (χ0n) is 17.0. The summed E-state index contributed by atoms with van der Waals surface area (Å²) in [6, 6.07) is 7.66. The number of benzene rings is 2. The quantitative estimate of drug-likeness (QED) is 0.291. The molecule has 0 amide bonds. The number of ketones is 2. The lowest BCUT2D eigenvalue weighted by Crippen LogP contribution is -2.18. The Morgan fingerprint density at radius 1 is 0.676 bits per heavy atom. The largest absolute Gasteiger partial charge is 0.698 e. The fourth-order valence-corrected chi connectivity index (χ4v) is 2.80. The van der Waals surface area contributed by atoms with Gasteiger partial charge in [-0.05, 0) is 36.4 Å². The number of rotatable bonds is 12. The number of hydrogen-bond donors (Lipinski definition) is 0. The van der Waals surface area contributed by atoms with Gasteiger partial charge in [-0.15, -0.1) is 9.05 Å². The molecule has 0 spiro atoms. The van der Waals surface area contributed by atoms with Crippen molar-refractivity contribution >= 4 is 19.8 Å². The van der Waals surface area contributed by atoms with Crippen LogP contribution in [0.3, 0.4) is 0 Å². The van der Waals surface area contributed by atoms with Gasteiger partial charge < -0.3 is 9.47 Å². The molecule has 0 bridgehead atoms. The van der Waals surface area contributed by atoms with Crippen LogP contribution in [-0.4, -0.2) is 38.0 Å². The first-order valence-electron chi connectivity index (χ1n) is 9.21. The summed E-state index contributed by atoms with van der Waals surface area (Å²) in [7, 11) is -2.92. The highest BCUT2D eigenvalue weighted by atomic mass is 31.1. The van der Waals surface area contributed by atoms with Crippen molar-refractivity contribution in [2.75, 3.05) is 26.4 Å². The van der Waals surface area contributed by atoms with Gasteiger partial charge in [0.2, 0.25) is 11.6 Å². The number of carbonyl (C=O) groups excluding carboxylic acids is 2. The van der Waals surface area contributed by atoms with Crippen LogP contribution < -0.4 is 9.47 Å². The summed E-state index contributed by atoms with van der Waals surface area (Å²) in [4.78, 5) is 23.3. The summed E-state index contributed by atoms with van der Waals surface area (Å²) in [5.41, 5.74) is -1.93. The van der Waals surface area contributed by atoms with E-state index in [9.17, 15) is 40.5 Å². The molecule has 0 fully saturated rings. The van der Waals surface area contributed by atoms with Crippen LogP contribution in [0.1, 0.15) is 11.1 Å². The first-order chi connectivity index (χ1) is 15.8. The lowest BCUT2D eigenvalue weighted by molar-refractivity contribution is -0.138. The molecule has 7 nitrogen and oxygen atoms in total. The number of Topliss-reactive ketones (excluding diaryl/α,β-unsaturated/α-hetero) is 2. The van der Waals surface area contributed by atoms with E-state index < -0.39 is 69.7 Å². The van der Waals surface area contributed by atoms with Crippen molar-refractivity contribution in [1.82, 2.24) is 0 Å². The molecule has 0 aliphatic carbocycles. The maximum atomic E-state index is 12.6. The Balaban J connectivity index is 1.67. The molecule has 14 heteroatoms. The normalized spacial score (nSPS) is 11.7. The van der Waals surface area contributed by atoms with Gasteiger partial charge in [0.25, 0.3) is 0 Å². The van der Waals surface area contributed by atoms with Crippen LogP contribution in [-0.2, 0) is 35.6 Å².